The molecule has 0 amide bonds. The lowest BCUT2D eigenvalue weighted by molar-refractivity contribution is -0.929. The third-order valence-corrected chi connectivity index (χ3v) is 5.70. The van der Waals surface area contributed by atoms with Gasteiger partial charge in [-0.25, -0.2) is 0 Å². The van der Waals surface area contributed by atoms with Crippen LogP contribution < -0.4 is 0 Å². The molecule has 2 atom stereocenters. The second kappa shape index (κ2) is 7.44. The molecule has 0 bridgehead atoms. The number of hydrogen-bond acceptors (Lipinski definition) is 1. The van der Waals surface area contributed by atoms with E-state index in [1.54, 1.807) is 0 Å². The molecule has 0 aromatic heterocycles. The van der Waals surface area contributed by atoms with Gasteiger partial charge >= 0.3 is 0 Å². The van der Waals surface area contributed by atoms with E-state index in [0.29, 0.717) is 6.04 Å². The van der Waals surface area contributed by atoms with Crippen LogP contribution >= 0.6 is 0 Å². The van der Waals surface area contributed by atoms with E-state index in [-0.39, 0.29) is 0 Å². The number of aliphatic hydroxyl groups is 1. The van der Waals surface area contributed by atoms with Crippen LogP contribution in [0.3, 0.4) is 0 Å². The number of likely N-dealkylation sites (tertiary alicyclic amines) is 1. The summed E-state index contributed by atoms with van der Waals surface area (Å²) in [6.07, 6.45) is 3.85. The summed E-state index contributed by atoms with van der Waals surface area (Å²) in [7, 11) is 2.29. The summed E-state index contributed by atoms with van der Waals surface area (Å²) in [6.45, 7) is 4.27. The van der Waals surface area contributed by atoms with Gasteiger partial charge in [0.1, 0.15) is 6.54 Å². The number of benzene rings is 2. The molecule has 0 spiro atoms. The van der Waals surface area contributed by atoms with Gasteiger partial charge in [0.15, 0.2) is 5.60 Å². The Morgan fingerprint density at radius 2 is 1.56 bits per heavy atom. The van der Waals surface area contributed by atoms with Crippen LogP contribution in [-0.2, 0) is 5.60 Å². The van der Waals surface area contributed by atoms with Gasteiger partial charge < -0.3 is 9.59 Å². The van der Waals surface area contributed by atoms with Crippen molar-refractivity contribution >= 4 is 0 Å². The predicted octanol–water partition coefficient (Wildman–Crippen LogP) is 3.94. The van der Waals surface area contributed by atoms with Crippen LogP contribution in [0.1, 0.15) is 37.3 Å². The fourth-order valence-electron chi connectivity index (χ4n) is 3.70. The molecule has 1 saturated heterocycles. The molecule has 2 heteroatoms. The number of rotatable bonds is 3. The van der Waals surface area contributed by atoms with Gasteiger partial charge in [-0.05, 0) is 32.1 Å². The van der Waals surface area contributed by atoms with Crippen molar-refractivity contribution in [2.24, 2.45) is 0 Å². The number of piperidine rings is 1. The molecule has 2 aromatic carbocycles. The average Bonchev–Trinajstić information content (AvgIpc) is 2.65. The number of quaternary nitrogens is 1. The summed E-state index contributed by atoms with van der Waals surface area (Å²) in [6, 6.07) is 20.1. The summed E-state index contributed by atoms with van der Waals surface area (Å²) in [4.78, 5) is 0. The highest BCUT2D eigenvalue weighted by Crippen LogP contribution is 2.29. The molecule has 25 heavy (non-hydrogen) atoms. The Balaban J connectivity index is 1.92. The molecular formula is C23H28NO+. The van der Waals surface area contributed by atoms with E-state index in [2.05, 4.69) is 25.8 Å². The van der Waals surface area contributed by atoms with Crippen LogP contribution in [0.4, 0.5) is 0 Å². The van der Waals surface area contributed by atoms with Crippen molar-refractivity contribution < 1.29 is 9.59 Å². The predicted molar refractivity (Wildman–Crippen MR) is 103 cm³/mol. The van der Waals surface area contributed by atoms with E-state index in [1.807, 2.05) is 60.7 Å². The standard InChI is InChI=1S/C23H28NO/c1-20-12-9-10-18-24(20,2)19-11-17-23(25,21-13-5-3-6-14-21)22-15-7-4-8-16-22/h3-8,13-16,20,25H,9-10,12,18-19H2,1-2H3/q+1/t20-,24-/m1/s1. The molecule has 1 aliphatic heterocycles. The van der Waals surface area contributed by atoms with Gasteiger partial charge in [-0.3, -0.25) is 0 Å². The third-order valence-electron chi connectivity index (χ3n) is 5.70. The molecule has 2 nitrogen and oxygen atoms in total. The maximum atomic E-state index is 11.5. The lowest BCUT2D eigenvalue weighted by Crippen LogP contribution is -2.54. The molecular weight excluding hydrogens is 306 g/mol. The Hall–Kier alpha value is -2.08. The molecule has 0 aliphatic carbocycles. The summed E-state index contributed by atoms with van der Waals surface area (Å²) >= 11 is 0. The van der Waals surface area contributed by atoms with Crippen LogP contribution in [0, 0.1) is 11.8 Å². The Bertz CT molecular complexity index is 704. The number of hydrogen-bond donors (Lipinski definition) is 1. The Morgan fingerprint density at radius 1 is 1.00 bits per heavy atom. The Labute approximate surface area is 151 Å². The van der Waals surface area contributed by atoms with Gasteiger partial charge in [0.25, 0.3) is 0 Å². The highest BCUT2D eigenvalue weighted by molar-refractivity contribution is 5.44. The third kappa shape index (κ3) is 3.79. The van der Waals surface area contributed by atoms with Gasteiger partial charge in [-0.1, -0.05) is 66.6 Å². The van der Waals surface area contributed by atoms with Crippen molar-refractivity contribution in [1.82, 2.24) is 0 Å². The summed E-state index contributed by atoms with van der Waals surface area (Å²) in [5.74, 6) is 6.55. The summed E-state index contributed by atoms with van der Waals surface area (Å²) in [5, 5.41) is 11.5. The van der Waals surface area contributed by atoms with E-state index in [4.69, 9.17) is 0 Å². The normalized spacial score (nSPS) is 23.6. The first-order chi connectivity index (χ1) is 12.0. The molecule has 1 heterocycles. The van der Waals surface area contributed by atoms with Gasteiger partial charge in [-0.15, -0.1) is 0 Å². The first-order valence-corrected chi connectivity index (χ1v) is 9.22. The molecule has 1 fully saturated rings. The average molecular weight is 334 g/mol. The second-order valence-electron chi connectivity index (χ2n) is 7.45. The largest absolute Gasteiger partial charge is 0.369 e. The molecule has 1 aliphatic rings. The minimum atomic E-state index is -1.26. The smallest absolute Gasteiger partial charge is 0.177 e. The summed E-state index contributed by atoms with van der Waals surface area (Å²) in [5.41, 5.74) is 0.381. The molecule has 0 unspecified atom stereocenters. The van der Waals surface area contributed by atoms with Crippen molar-refractivity contribution in [3.63, 3.8) is 0 Å². The molecule has 1 N–H and O–H groups in total. The molecule has 0 saturated carbocycles. The number of nitrogens with zero attached hydrogens (tertiary/aromatic N) is 1. The van der Waals surface area contributed by atoms with Crippen molar-refractivity contribution in [3.05, 3.63) is 71.8 Å². The fourth-order valence-corrected chi connectivity index (χ4v) is 3.70. The van der Waals surface area contributed by atoms with Gasteiger partial charge in [-0.2, -0.15) is 0 Å². The monoisotopic (exact) mass is 334 g/mol. The fraction of sp³-hybridized carbons (Fsp3) is 0.391. The van der Waals surface area contributed by atoms with Crippen LogP contribution in [0.15, 0.2) is 60.7 Å². The van der Waals surface area contributed by atoms with E-state index in [0.717, 1.165) is 22.2 Å². The van der Waals surface area contributed by atoms with E-state index >= 15 is 0 Å². The first-order valence-electron chi connectivity index (χ1n) is 9.22. The maximum absolute atomic E-state index is 11.5. The van der Waals surface area contributed by atoms with E-state index in [1.165, 1.54) is 25.8 Å². The van der Waals surface area contributed by atoms with Crippen LogP contribution in [0.5, 0.6) is 0 Å². The Morgan fingerprint density at radius 3 is 2.08 bits per heavy atom. The minimum Gasteiger partial charge on any atom is -0.369 e. The van der Waals surface area contributed by atoms with Gasteiger partial charge in [0, 0.05) is 11.1 Å². The van der Waals surface area contributed by atoms with E-state index < -0.39 is 5.60 Å². The molecule has 3 rings (SSSR count). The maximum Gasteiger partial charge on any atom is 0.177 e. The van der Waals surface area contributed by atoms with Crippen molar-refractivity contribution in [3.8, 4) is 11.8 Å². The first kappa shape index (κ1) is 17.7. The lowest BCUT2D eigenvalue weighted by atomic mass is 9.87. The highest BCUT2D eigenvalue weighted by Gasteiger charge is 2.32. The van der Waals surface area contributed by atoms with Crippen LogP contribution in [0.2, 0.25) is 0 Å². The highest BCUT2D eigenvalue weighted by atomic mass is 16.3. The Kier molecular flexibility index (Phi) is 5.27. The van der Waals surface area contributed by atoms with Crippen LogP contribution in [-0.4, -0.2) is 35.8 Å². The SMILES string of the molecule is C[C@@H]1CCCC[N@+]1(C)CC#CC(O)(c1ccccc1)c1ccccc1. The van der Waals surface area contributed by atoms with Crippen molar-refractivity contribution in [2.45, 2.75) is 37.8 Å². The topological polar surface area (TPSA) is 20.2 Å². The van der Waals surface area contributed by atoms with Gasteiger partial charge in [0.2, 0.25) is 0 Å². The zero-order valence-corrected chi connectivity index (χ0v) is 15.3. The lowest BCUT2D eigenvalue weighted by Gasteiger charge is -2.42. The zero-order chi connectivity index (χ0) is 17.8. The van der Waals surface area contributed by atoms with Crippen LogP contribution in [0.25, 0.3) is 0 Å². The van der Waals surface area contributed by atoms with Gasteiger partial charge in [0.05, 0.1) is 19.6 Å². The van der Waals surface area contributed by atoms with E-state index in [9.17, 15) is 5.11 Å². The summed E-state index contributed by atoms with van der Waals surface area (Å²) < 4.78 is 0.979. The quantitative estimate of drug-likeness (QED) is 0.666. The molecule has 0 radical (unpaired) electrons. The minimum absolute atomic E-state index is 0.629. The molecule has 130 valence electrons. The van der Waals surface area contributed by atoms with Crippen molar-refractivity contribution in [2.75, 3.05) is 20.1 Å². The second-order valence-corrected chi connectivity index (χ2v) is 7.45. The molecule has 2 aromatic rings. The zero-order valence-electron chi connectivity index (χ0n) is 15.3. The van der Waals surface area contributed by atoms with Crippen molar-refractivity contribution in [1.29, 1.82) is 0 Å².